The number of rotatable bonds is 2. The van der Waals surface area contributed by atoms with Crippen LogP contribution in [0.1, 0.15) is 16.2 Å². The third kappa shape index (κ3) is 1.84. The van der Waals surface area contributed by atoms with Crippen molar-refractivity contribution in [2.45, 2.75) is 6.92 Å². The number of fused-ring (bicyclic) bond motifs is 1. The Labute approximate surface area is 106 Å². The molecule has 90 valence electrons. The van der Waals surface area contributed by atoms with E-state index in [2.05, 4.69) is 25.5 Å². The van der Waals surface area contributed by atoms with Gasteiger partial charge in [-0.15, -0.1) is 11.3 Å². The van der Waals surface area contributed by atoms with Gasteiger partial charge in [-0.2, -0.15) is 5.10 Å². The number of aryl methyl sites for hydroxylation is 1. The van der Waals surface area contributed by atoms with Crippen LogP contribution < -0.4 is 5.32 Å². The quantitative estimate of drug-likeness (QED) is 0.737. The molecule has 0 atom stereocenters. The number of amides is 1. The molecular weight excluding hydrogens is 250 g/mol. The molecule has 18 heavy (non-hydrogen) atoms. The first-order valence-electron chi connectivity index (χ1n) is 5.25. The first-order chi connectivity index (χ1) is 8.74. The van der Waals surface area contributed by atoms with Crippen LogP contribution in [0.25, 0.3) is 10.9 Å². The summed E-state index contributed by atoms with van der Waals surface area (Å²) in [6.07, 6.45) is 3.26. The highest BCUT2D eigenvalue weighted by Gasteiger charge is 2.15. The maximum absolute atomic E-state index is 12.0. The van der Waals surface area contributed by atoms with Gasteiger partial charge in [0.2, 0.25) is 0 Å². The maximum Gasteiger partial charge on any atom is 0.278 e. The molecule has 0 fully saturated rings. The molecule has 0 aliphatic heterocycles. The van der Waals surface area contributed by atoms with Crippen LogP contribution in [0.5, 0.6) is 0 Å². The Bertz CT molecular complexity index is 717. The number of thiazole rings is 1. The summed E-state index contributed by atoms with van der Waals surface area (Å²) < 4.78 is 0. The predicted molar refractivity (Wildman–Crippen MR) is 68.7 cm³/mol. The van der Waals surface area contributed by atoms with Crippen molar-refractivity contribution >= 4 is 33.3 Å². The lowest BCUT2D eigenvalue weighted by Gasteiger charge is -1.97. The zero-order valence-electron chi connectivity index (χ0n) is 9.47. The van der Waals surface area contributed by atoms with Gasteiger partial charge < -0.3 is 0 Å². The molecule has 0 unspecified atom stereocenters. The van der Waals surface area contributed by atoms with Gasteiger partial charge in [0.15, 0.2) is 10.8 Å². The first kappa shape index (κ1) is 10.8. The Balaban J connectivity index is 1.92. The number of nitrogens with zero attached hydrogens (tertiary/aromatic N) is 3. The topological polar surface area (TPSA) is 83.6 Å². The summed E-state index contributed by atoms with van der Waals surface area (Å²) >= 11 is 1.38. The van der Waals surface area contributed by atoms with Gasteiger partial charge in [-0.25, -0.2) is 4.98 Å². The van der Waals surface area contributed by atoms with Gasteiger partial charge in [0.05, 0.1) is 16.6 Å². The molecule has 7 heteroatoms. The lowest BCUT2D eigenvalue weighted by molar-refractivity contribution is 0.102. The molecule has 0 bridgehead atoms. The van der Waals surface area contributed by atoms with Crippen LogP contribution in [0.2, 0.25) is 0 Å². The van der Waals surface area contributed by atoms with E-state index in [1.807, 2.05) is 12.3 Å². The van der Waals surface area contributed by atoms with Crippen LogP contribution in [-0.4, -0.2) is 26.1 Å². The number of carbonyl (C=O) groups is 1. The van der Waals surface area contributed by atoms with Crippen LogP contribution in [0, 0.1) is 6.92 Å². The SMILES string of the molecule is Cc1csc(NC(=O)c2n[nH]c3ccncc23)n1. The van der Waals surface area contributed by atoms with Gasteiger partial charge in [0, 0.05) is 17.8 Å². The molecule has 3 rings (SSSR count). The molecule has 3 aromatic rings. The van der Waals surface area contributed by atoms with E-state index in [9.17, 15) is 4.79 Å². The van der Waals surface area contributed by atoms with Crippen LogP contribution >= 0.6 is 11.3 Å². The fourth-order valence-electron chi connectivity index (χ4n) is 1.60. The number of anilines is 1. The summed E-state index contributed by atoms with van der Waals surface area (Å²) in [5.41, 5.74) is 1.99. The molecule has 0 aliphatic carbocycles. The standard InChI is InChI=1S/C11H9N5OS/c1-6-5-18-11(13-6)14-10(17)9-7-4-12-3-2-8(7)15-16-9/h2-5H,1H3,(H,15,16)(H,13,14,17). The number of carbonyl (C=O) groups excluding carboxylic acids is 1. The summed E-state index contributed by atoms with van der Waals surface area (Å²) in [7, 11) is 0. The Hall–Kier alpha value is -2.28. The molecule has 0 aromatic carbocycles. The summed E-state index contributed by atoms with van der Waals surface area (Å²) in [5.74, 6) is -0.288. The van der Waals surface area contributed by atoms with E-state index in [-0.39, 0.29) is 5.91 Å². The third-order valence-electron chi connectivity index (χ3n) is 2.42. The van der Waals surface area contributed by atoms with Gasteiger partial charge in [0.25, 0.3) is 5.91 Å². The number of aromatic amines is 1. The highest BCUT2D eigenvalue weighted by molar-refractivity contribution is 7.13. The van der Waals surface area contributed by atoms with Crippen molar-refractivity contribution in [2.24, 2.45) is 0 Å². The molecule has 0 aliphatic rings. The van der Waals surface area contributed by atoms with Crippen molar-refractivity contribution in [2.75, 3.05) is 5.32 Å². The number of aromatic nitrogens is 4. The molecular formula is C11H9N5OS. The molecule has 0 spiro atoms. The van der Waals surface area contributed by atoms with Crippen molar-refractivity contribution in [1.82, 2.24) is 20.2 Å². The fraction of sp³-hybridized carbons (Fsp3) is 0.0909. The van der Waals surface area contributed by atoms with Crippen molar-refractivity contribution < 1.29 is 4.79 Å². The van der Waals surface area contributed by atoms with E-state index in [1.54, 1.807) is 18.5 Å². The maximum atomic E-state index is 12.0. The predicted octanol–water partition coefficient (Wildman–Crippen LogP) is 1.98. The molecule has 6 nitrogen and oxygen atoms in total. The molecule has 1 amide bonds. The first-order valence-corrected chi connectivity index (χ1v) is 6.13. The van der Waals surface area contributed by atoms with Gasteiger partial charge in [-0.1, -0.05) is 0 Å². The van der Waals surface area contributed by atoms with Gasteiger partial charge in [0.1, 0.15) is 0 Å². The van der Waals surface area contributed by atoms with E-state index in [0.717, 1.165) is 11.2 Å². The van der Waals surface area contributed by atoms with E-state index in [4.69, 9.17) is 0 Å². The minimum Gasteiger partial charge on any atom is -0.296 e. The number of nitrogens with one attached hydrogen (secondary N) is 2. The second-order valence-corrected chi connectivity index (χ2v) is 4.60. The number of hydrogen-bond acceptors (Lipinski definition) is 5. The highest BCUT2D eigenvalue weighted by Crippen LogP contribution is 2.18. The molecule has 3 heterocycles. The van der Waals surface area contributed by atoms with E-state index >= 15 is 0 Å². The fourth-order valence-corrected chi connectivity index (χ4v) is 2.28. The van der Waals surface area contributed by atoms with E-state index in [0.29, 0.717) is 16.2 Å². The minimum atomic E-state index is -0.288. The summed E-state index contributed by atoms with van der Waals surface area (Å²) in [4.78, 5) is 20.2. The normalized spacial score (nSPS) is 10.7. The second kappa shape index (κ2) is 4.19. The largest absolute Gasteiger partial charge is 0.296 e. The second-order valence-electron chi connectivity index (χ2n) is 3.74. The Morgan fingerprint density at radius 2 is 2.39 bits per heavy atom. The van der Waals surface area contributed by atoms with E-state index < -0.39 is 0 Å². The molecule has 2 N–H and O–H groups in total. The minimum absolute atomic E-state index is 0.288. The van der Waals surface area contributed by atoms with Gasteiger partial charge in [-0.05, 0) is 13.0 Å². The highest BCUT2D eigenvalue weighted by atomic mass is 32.1. The zero-order chi connectivity index (χ0) is 12.5. The summed E-state index contributed by atoms with van der Waals surface area (Å²) in [5, 5.41) is 12.6. The Morgan fingerprint density at radius 1 is 1.50 bits per heavy atom. The van der Waals surface area contributed by atoms with Crippen LogP contribution in [-0.2, 0) is 0 Å². The van der Waals surface area contributed by atoms with E-state index in [1.165, 1.54) is 11.3 Å². The van der Waals surface area contributed by atoms with Crippen molar-refractivity contribution in [1.29, 1.82) is 0 Å². The summed E-state index contributed by atoms with van der Waals surface area (Å²) in [6.45, 7) is 1.88. The monoisotopic (exact) mass is 259 g/mol. The van der Waals surface area contributed by atoms with Gasteiger partial charge in [-0.3, -0.25) is 20.2 Å². The number of H-pyrrole nitrogens is 1. The lowest BCUT2D eigenvalue weighted by atomic mass is 10.2. The molecule has 0 saturated carbocycles. The number of hydrogen-bond donors (Lipinski definition) is 2. The van der Waals surface area contributed by atoms with Crippen molar-refractivity contribution in [3.05, 3.63) is 35.2 Å². The van der Waals surface area contributed by atoms with Gasteiger partial charge >= 0.3 is 0 Å². The zero-order valence-corrected chi connectivity index (χ0v) is 10.3. The molecule has 0 saturated heterocycles. The average molecular weight is 259 g/mol. The molecule has 3 aromatic heterocycles. The molecule has 0 radical (unpaired) electrons. The lowest BCUT2D eigenvalue weighted by Crippen LogP contribution is -2.12. The van der Waals surface area contributed by atoms with Crippen molar-refractivity contribution in [3.8, 4) is 0 Å². The smallest absolute Gasteiger partial charge is 0.278 e. The summed E-state index contributed by atoms with van der Waals surface area (Å²) in [6, 6.07) is 1.77. The van der Waals surface area contributed by atoms with Crippen molar-refractivity contribution in [3.63, 3.8) is 0 Å². The Morgan fingerprint density at radius 3 is 3.17 bits per heavy atom. The van der Waals surface area contributed by atoms with Crippen LogP contribution in [0.3, 0.4) is 0 Å². The number of pyridine rings is 1. The van der Waals surface area contributed by atoms with Crippen LogP contribution in [0.4, 0.5) is 5.13 Å². The average Bonchev–Trinajstić information content (AvgIpc) is 2.95. The van der Waals surface area contributed by atoms with Crippen LogP contribution in [0.15, 0.2) is 23.8 Å². The third-order valence-corrected chi connectivity index (χ3v) is 3.29. The Kier molecular flexibility index (Phi) is 2.52.